The maximum atomic E-state index is 5.59. The molecule has 0 spiro atoms. The predicted octanol–water partition coefficient (Wildman–Crippen LogP) is 3.76. The molecule has 0 radical (unpaired) electrons. The first-order valence-corrected chi connectivity index (χ1v) is 13.5. The molecule has 1 aromatic carbocycles. The summed E-state index contributed by atoms with van der Waals surface area (Å²) >= 11 is 0. The number of nitrogens with zero attached hydrogens (tertiary/aromatic N) is 7. The van der Waals surface area contributed by atoms with Crippen LogP contribution in [0.15, 0.2) is 67.0 Å². The molecule has 2 aliphatic rings. The van der Waals surface area contributed by atoms with Crippen molar-refractivity contribution in [3.8, 4) is 11.3 Å². The standard InChI is InChI=1S/C30H30N8O/c1-2-4-25-22(3-1)5-7-24(34-25)8-9-26-29(23-6-10-28(32-21-23)37-15-13-31-14-16-37)38-30(35-26)27(11-12-33-38)36-17-19-39-20-18-36/h1-12,21,31H,13-20H2. The third-order valence-electron chi connectivity index (χ3n) is 7.37. The highest BCUT2D eigenvalue weighted by molar-refractivity contribution is 5.84. The van der Waals surface area contributed by atoms with Crippen molar-refractivity contribution in [3.63, 3.8) is 0 Å². The number of fused-ring (bicyclic) bond motifs is 2. The van der Waals surface area contributed by atoms with Crippen LogP contribution in [-0.2, 0) is 4.74 Å². The van der Waals surface area contributed by atoms with Crippen LogP contribution >= 0.6 is 0 Å². The Balaban J connectivity index is 1.31. The average Bonchev–Trinajstić information content (AvgIpc) is 3.39. The van der Waals surface area contributed by atoms with Gasteiger partial charge in [0.15, 0.2) is 5.65 Å². The van der Waals surface area contributed by atoms with E-state index in [1.165, 1.54) is 0 Å². The molecule has 196 valence electrons. The Hall–Kier alpha value is -4.34. The number of ether oxygens (including phenoxy) is 1. The molecular formula is C30H30N8O. The Morgan fingerprint density at radius 1 is 0.821 bits per heavy atom. The number of piperazine rings is 1. The normalized spacial score (nSPS) is 16.5. The summed E-state index contributed by atoms with van der Waals surface area (Å²) in [4.78, 5) is 19.4. The quantitative estimate of drug-likeness (QED) is 0.377. The van der Waals surface area contributed by atoms with Crippen molar-refractivity contribution < 1.29 is 4.74 Å². The van der Waals surface area contributed by atoms with E-state index >= 15 is 0 Å². The second-order valence-electron chi connectivity index (χ2n) is 9.80. The zero-order chi connectivity index (χ0) is 26.0. The molecule has 9 nitrogen and oxygen atoms in total. The Labute approximate surface area is 226 Å². The minimum atomic E-state index is 0.708. The van der Waals surface area contributed by atoms with Gasteiger partial charge in [0.25, 0.3) is 0 Å². The molecule has 2 saturated heterocycles. The topological polar surface area (TPSA) is 83.7 Å². The highest BCUT2D eigenvalue weighted by atomic mass is 16.5. The number of benzene rings is 1. The van der Waals surface area contributed by atoms with Crippen LogP contribution in [0.4, 0.5) is 11.5 Å². The first-order chi connectivity index (χ1) is 19.3. The van der Waals surface area contributed by atoms with E-state index in [-0.39, 0.29) is 0 Å². The number of hydrogen-bond donors (Lipinski definition) is 1. The molecule has 0 aliphatic carbocycles. The van der Waals surface area contributed by atoms with Crippen LogP contribution in [-0.4, -0.2) is 77.0 Å². The lowest BCUT2D eigenvalue weighted by molar-refractivity contribution is 0.123. The number of pyridine rings is 2. The van der Waals surface area contributed by atoms with Gasteiger partial charge in [-0.2, -0.15) is 5.10 Å². The summed E-state index contributed by atoms with van der Waals surface area (Å²) in [6.45, 7) is 6.94. The van der Waals surface area contributed by atoms with Gasteiger partial charge in [-0.25, -0.2) is 19.5 Å². The highest BCUT2D eigenvalue weighted by Crippen LogP contribution is 2.31. The Morgan fingerprint density at radius 3 is 2.54 bits per heavy atom. The lowest BCUT2D eigenvalue weighted by atomic mass is 10.1. The van der Waals surface area contributed by atoms with Gasteiger partial charge < -0.3 is 19.9 Å². The van der Waals surface area contributed by atoms with E-state index in [1.54, 1.807) is 0 Å². The van der Waals surface area contributed by atoms with E-state index in [2.05, 4.69) is 39.4 Å². The van der Waals surface area contributed by atoms with Crippen LogP contribution < -0.4 is 15.1 Å². The van der Waals surface area contributed by atoms with Gasteiger partial charge in [0.05, 0.1) is 42.0 Å². The first-order valence-electron chi connectivity index (χ1n) is 13.5. The summed E-state index contributed by atoms with van der Waals surface area (Å²) in [5.74, 6) is 0.994. The maximum Gasteiger partial charge on any atom is 0.178 e. The fraction of sp³-hybridized carbons (Fsp3) is 0.267. The van der Waals surface area contributed by atoms with Crippen molar-refractivity contribution in [1.82, 2.24) is 29.9 Å². The average molecular weight is 519 g/mol. The molecule has 0 amide bonds. The van der Waals surface area contributed by atoms with E-state index in [0.29, 0.717) is 13.2 Å². The zero-order valence-corrected chi connectivity index (χ0v) is 21.7. The molecule has 4 aromatic heterocycles. The number of anilines is 2. The second-order valence-corrected chi connectivity index (χ2v) is 9.80. The minimum Gasteiger partial charge on any atom is -0.378 e. The molecular weight excluding hydrogens is 488 g/mol. The van der Waals surface area contributed by atoms with Crippen LogP contribution in [0.3, 0.4) is 0 Å². The Kier molecular flexibility index (Phi) is 6.36. The number of morpholine rings is 1. The van der Waals surface area contributed by atoms with Gasteiger partial charge in [0, 0.05) is 56.4 Å². The van der Waals surface area contributed by atoms with Gasteiger partial charge in [0.1, 0.15) is 11.5 Å². The summed E-state index contributed by atoms with van der Waals surface area (Å²) in [7, 11) is 0. The molecule has 0 bridgehead atoms. The van der Waals surface area contributed by atoms with E-state index in [4.69, 9.17) is 24.8 Å². The van der Waals surface area contributed by atoms with Gasteiger partial charge in [-0.3, -0.25) is 0 Å². The molecule has 0 unspecified atom stereocenters. The summed E-state index contributed by atoms with van der Waals surface area (Å²) in [6.07, 6.45) is 7.85. The predicted molar refractivity (Wildman–Crippen MR) is 155 cm³/mol. The van der Waals surface area contributed by atoms with Crippen LogP contribution in [0, 0.1) is 0 Å². The van der Waals surface area contributed by atoms with E-state index in [0.717, 1.165) is 90.0 Å². The minimum absolute atomic E-state index is 0.708. The lowest BCUT2D eigenvalue weighted by Gasteiger charge is -2.28. The maximum absolute atomic E-state index is 5.59. The SMILES string of the molecule is C(=Cc1nc2c(N3CCOCC3)ccnn2c1-c1ccc(N2CCNCC2)nc1)c1ccc2ccccc2n1. The number of hydrogen-bond acceptors (Lipinski definition) is 8. The third kappa shape index (κ3) is 4.71. The molecule has 39 heavy (non-hydrogen) atoms. The largest absolute Gasteiger partial charge is 0.378 e. The summed E-state index contributed by atoms with van der Waals surface area (Å²) in [6, 6.07) is 18.6. The van der Waals surface area contributed by atoms with Crippen molar-refractivity contribution in [2.75, 3.05) is 62.3 Å². The van der Waals surface area contributed by atoms with Crippen molar-refractivity contribution >= 4 is 40.2 Å². The number of imidazole rings is 1. The van der Waals surface area contributed by atoms with Gasteiger partial charge in [-0.1, -0.05) is 24.3 Å². The van der Waals surface area contributed by atoms with Crippen LogP contribution in [0.25, 0.3) is 40.0 Å². The first kappa shape index (κ1) is 23.8. The summed E-state index contributed by atoms with van der Waals surface area (Å²) in [5, 5.41) is 9.27. The molecule has 9 heteroatoms. The fourth-order valence-corrected chi connectivity index (χ4v) is 5.34. The molecule has 0 saturated carbocycles. The van der Waals surface area contributed by atoms with Crippen LogP contribution in [0.2, 0.25) is 0 Å². The van der Waals surface area contributed by atoms with Gasteiger partial charge in [-0.15, -0.1) is 0 Å². The lowest BCUT2D eigenvalue weighted by Crippen LogP contribution is -2.43. The molecule has 2 fully saturated rings. The number of para-hydroxylation sites is 1. The van der Waals surface area contributed by atoms with Gasteiger partial charge >= 0.3 is 0 Å². The Bertz CT molecular complexity index is 1630. The van der Waals surface area contributed by atoms with E-state index in [9.17, 15) is 0 Å². The Morgan fingerprint density at radius 2 is 1.69 bits per heavy atom. The molecule has 6 heterocycles. The molecule has 1 N–H and O–H groups in total. The number of aromatic nitrogens is 5. The van der Waals surface area contributed by atoms with Crippen LogP contribution in [0.1, 0.15) is 11.4 Å². The number of rotatable bonds is 5. The molecule has 5 aromatic rings. The zero-order valence-electron chi connectivity index (χ0n) is 21.7. The molecule has 2 aliphatic heterocycles. The number of nitrogens with one attached hydrogen (secondary N) is 1. The van der Waals surface area contributed by atoms with Gasteiger partial charge in [-0.05, 0) is 42.5 Å². The van der Waals surface area contributed by atoms with Crippen LogP contribution in [0.5, 0.6) is 0 Å². The highest BCUT2D eigenvalue weighted by Gasteiger charge is 2.21. The van der Waals surface area contributed by atoms with Crippen molar-refractivity contribution in [2.24, 2.45) is 0 Å². The van der Waals surface area contributed by atoms with Crippen molar-refractivity contribution in [2.45, 2.75) is 0 Å². The second kappa shape index (κ2) is 10.4. The smallest absolute Gasteiger partial charge is 0.178 e. The summed E-state index contributed by atoms with van der Waals surface area (Å²) < 4.78 is 7.54. The molecule has 7 rings (SSSR count). The third-order valence-corrected chi connectivity index (χ3v) is 7.37. The van der Waals surface area contributed by atoms with Crippen molar-refractivity contribution in [1.29, 1.82) is 0 Å². The summed E-state index contributed by atoms with van der Waals surface area (Å²) in [5.41, 5.74) is 6.45. The monoisotopic (exact) mass is 518 g/mol. The molecule has 0 atom stereocenters. The fourth-order valence-electron chi connectivity index (χ4n) is 5.34. The van der Waals surface area contributed by atoms with E-state index in [1.807, 2.05) is 59.4 Å². The van der Waals surface area contributed by atoms with Gasteiger partial charge in [0.2, 0.25) is 0 Å². The van der Waals surface area contributed by atoms with Crippen molar-refractivity contribution in [3.05, 3.63) is 78.4 Å². The van der Waals surface area contributed by atoms with E-state index < -0.39 is 0 Å².